The van der Waals surface area contributed by atoms with Crippen molar-refractivity contribution in [3.8, 4) is 17.6 Å². The molecule has 1 aliphatic rings. The van der Waals surface area contributed by atoms with Gasteiger partial charge in [-0.05, 0) is 55.5 Å². The predicted octanol–water partition coefficient (Wildman–Crippen LogP) is 3.96. The minimum Gasteiger partial charge on any atom is -0.490 e. The van der Waals surface area contributed by atoms with Crippen LogP contribution in [0.15, 0.2) is 48.5 Å². The summed E-state index contributed by atoms with van der Waals surface area (Å²) in [6.07, 6.45) is 6.29. The third kappa shape index (κ3) is 5.75. The number of carbonyl (C=O) groups is 1. The zero-order valence-electron chi connectivity index (χ0n) is 15.3. The lowest BCUT2D eigenvalue weighted by molar-refractivity contribution is -0.123. The summed E-state index contributed by atoms with van der Waals surface area (Å²) >= 11 is 0. The molecule has 0 spiro atoms. The van der Waals surface area contributed by atoms with Gasteiger partial charge in [-0.25, -0.2) is 0 Å². The molecular formula is C22H24N2O3. The predicted molar refractivity (Wildman–Crippen MR) is 102 cm³/mol. The number of hydrogen-bond acceptors (Lipinski definition) is 4. The van der Waals surface area contributed by atoms with Gasteiger partial charge in [0.15, 0.2) is 6.61 Å². The molecular weight excluding hydrogens is 340 g/mol. The van der Waals surface area contributed by atoms with Gasteiger partial charge in [0.2, 0.25) is 0 Å². The topological polar surface area (TPSA) is 71.3 Å². The van der Waals surface area contributed by atoms with E-state index >= 15 is 0 Å². The van der Waals surface area contributed by atoms with Crippen LogP contribution in [-0.2, 0) is 11.3 Å². The minimum atomic E-state index is -0.235. The van der Waals surface area contributed by atoms with Crippen LogP contribution in [0.5, 0.6) is 11.5 Å². The van der Waals surface area contributed by atoms with Crippen LogP contribution < -0.4 is 14.8 Å². The molecule has 0 aliphatic heterocycles. The summed E-state index contributed by atoms with van der Waals surface area (Å²) in [5.74, 6) is 1.03. The maximum absolute atomic E-state index is 12.0. The highest BCUT2D eigenvalue weighted by molar-refractivity contribution is 5.77. The summed E-state index contributed by atoms with van der Waals surface area (Å²) < 4.78 is 11.5. The second-order valence-corrected chi connectivity index (χ2v) is 6.70. The number of nitriles is 1. The van der Waals surface area contributed by atoms with Crippen molar-refractivity contribution in [3.05, 3.63) is 59.7 Å². The summed E-state index contributed by atoms with van der Waals surface area (Å²) in [6, 6.07) is 16.7. The molecule has 0 bridgehead atoms. The molecule has 1 fully saturated rings. The zero-order chi connectivity index (χ0) is 18.9. The quantitative estimate of drug-likeness (QED) is 0.807. The first-order valence-electron chi connectivity index (χ1n) is 9.39. The number of para-hydroxylation sites is 1. The van der Waals surface area contributed by atoms with E-state index in [9.17, 15) is 4.79 Å². The van der Waals surface area contributed by atoms with Crippen LogP contribution in [-0.4, -0.2) is 18.6 Å². The smallest absolute Gasteiger partial charge is 0.258 e. The molecule has 5 nitrogen and oxygen atoms in total. The third-order valence-corrected chi connectivity index (χ3v) is 4.61. The van der Waals surface area contributed by atoms with Crippen LogP contribution in [0.4, 0.5) is 0 Å². The standard InChI is InChI=1S/C22H24N2O3/c23-14-18-8-4-5-12-21(18)26-16-22(25)24-15-17-7-6-11-20(13-17)27-19-9-2-1-3-10-19/h4-8,11-13,19H,1-3,9-10,15-16H2,(H,24,25). The van der Waals surface area contributed by atoms with Gasteiger partial charge in [0.05, 0.1) is 11.7 Å². The molecule has 0 heterocycles. The van der Waals surface area contributed by atoms with Crippen molar-refractivity contribution < 1.29 is 14.3 Å². The number of ether oxygens (including phenoxy) is 2. The summed E-state index contributed by atoms with van der Waals surface area (Å²) in [6.45, 7) is 0.279. The Balaban J connectivity index is 1.47. The van der Waals surface area contributed by atoms with Crippen molar-refractivity contribution >= 4 is 5.91 Å². The monoisotopic (exact) mass is 364 g/mol. The van der Waals surface area contributed by atoms with Crippen molar-refractivity contribution in [2.24, 2.45) is 0 Å². The van der Waals surface area contributed by atoms with Gasteiger partial charge in [0.25, 0.3) is 5.91 Å². The van der Waals surface area contributed by atoms with Crippen LogP contribution in [0.3, 0.4) is 0 Å². The first-order valence-corrected chi connectivity index (χ1v) is 9.39. The molecule has 0 unspecified atom stereocenters. The van der Waals surface area contributed by atoms with Crippen molar-refractivity contribution in [2.75, 3.05) is 6.61 Å². The number of amides is 1. The molecule has 140 valence electrons. The summed E-state index contributed by atoms with van der Waals surface area (Å²) in [4.78, 5) is 12.0. The fourth-order valence-electron chi connectivity index (χ4n) is 3.18. The Labute approximate surface area is 159 Å². The maximum Gasteiger partial charge on any atom is 0.258 e. The average molecular weight is 364 g/mol. The van der Waals surface area contributed by atoms with Crippen LogP contribution in [0.2, 0.25) is 0 Å². The first-order chi connectivity index (χ1) is 13.2. The Kier molecular flexibility index (Phi) is 6.70. The van der Waals surface area contributed by atoms with E-state index in [4.69, 9.17) is 14.7 Å². The highest BCUT2D eigenvalue weighted by atomic mass is 16.5. The molecule has 1 aliphatic carbocycles. The highest BCUT2D eigenvalue weighted by Gasteiger charge is 2.15. The number of benzene rings is 2. The van der Waals surface area contributed by atoms with Gasteiger partial charge < -0.3 is 14.8 Å². The molecule has 2 aromatic carbocycles. The molecule has 2 aromatic rings. The van der Waals surface area contributed by atoms with Crippen LogP contribution in [0, 0.1) is 11.3 Å². The molecule has 0 radical (unpaired) electrons. The molecule has 1 amide bonds. The van der Waals surface area contributed by atoms with Gasteiger partial charge >= 0.3 is 0 Å². The van der Waals surface area contributed by atoms with Crippen LogP contribution in [0.1, 0.15) is 43.2 Å². The number of nitrogens with one attached hydrogen (secondary N) is 1. The Morgan fingerprint density at radius 3 is 2.74 bits per heavy atom. The Bertz CT molecular complexity index is 807. The molecule has 1 saturated carbocycles. The fourth-order valence-corrected chi connectivity index (χ4v) is 3.18. The van der Waals surface area contributed by atoms with E-state index in [0.717, 1.165) is 24.2 Å². The Morgan fingerprint density at radius 2 is 1.93 bits per heavy atom. The maximum atomic E-state index is 12.0. The van der Waals surface area contributed by atoms with Gasteiger partial charge in [-0.2, -0.15) is 5.26 Å². The second-order valence-electron chi connectivity index (χ2n) is 6.70. The second kappa shape index (κ2) is 9.63. The van der Waals surface area contributed by atoms with Crippen molar-refractivity contribution in [2.45, 2.75) is 44.8 Å². The number of nitrogens with zero attached hydrogens (tertiary/aromatic N) is 1. The summed E-state index contributed by atoms with van der Waals surface area (Å²) in [5, 5.41) is 11.9. The van der Waals surface area contributed by atoms with Gasteiger partial charge in [0, 0.05) is 6.54 Å². The van der Waals surface area contributed by atoms with Crippen LogP contribution in [0.25, 0.3) is 0 Å². The number of hydrogen-bond donors (Lipinski definition) is 1. The van der Waals surface area contributed by atoms with E-state index in [1.54, 1.807) is 24.3 Å². The molecule has 1 N–H and O–H groups in total. The lowest BCUT2D eigenvalue weighted by Crippen LogP contribution is -2.28. The van der Waals surface area contributed by atoms with Crippen molar-refractivity contribution in [3.63, 3.8) is 0 Å². The van der Waals surface area contributed by atoms with E-state index in [-0.39, 0.29) is 12.5 Å². The molecule has 3 rings (SSSR count). The third-order valence-electron chi connectivity index (χ3n) is 4.61. The number of carbonyl (C=O) groups excluding carboxylic acids is 1. The highest BCUT2D eigenvalue weighted by Crippen LogP contribution is 2.24. The normalized spacial score (nSPS) is 14.2. The van der Waals surface area contributed by atoms with E-state index in [1.165, 1.54) is 19.3 Å². The van der Waals surface area contributed by atoms with E-state index in [1.807, 2.05) is 30.3 Å². The number of rotatable bonds is 7. The van der Waals surface area contributed by atoms with Crippen LogP contribution >= 0.6 is 0 Å². The first kappa shape index (κ1) is 18.8. The molecule has 0 atom stereocenters. The SMILES string of the molecule is N#Cc1ccccc1OCC(=O)NCc1cccc(OC2CCCCC2)c1. The van der Waals surface area contributed by atoms with E-state index in [0.29, 0.717) is 24.0 Å². The molecule has 5 heteroatoms. The van der Waals surface area contributed by atoms with Crippen molar-refractivity contribution in [1.29, 1.82) is 5.26 Å². The fraction of sp³-hybridized carbons (Fsp3) is 0.364. The minimum absolute atomic E-state index is 0.128. The summed E-state index contributed by atoms with van der Waals surface area (Å²) in [5.41, 5.74) is 1.40. The van der Waals surface area contributed by atoms with Gasteiger partial charge in [0.1, 0.15) is 17.6 Å². The largest absolute Gasteiger partial charge is 0.490 e. The van der Waals surface area contributed by atoms with Gasteiger partial charge in [-0.15, -0.1) is 0 Å². The zero-order valence-corrected chi connectivity index (χ0v) is 15.3. The molecule has 0 saturated heterocycles. The summed E-state index contributed by atoms with van der Waals surface area (Å²) in [7, 11) is 0. The Hall–Kier alpha value is -3.00. The molecule has 27 heavy (non-hydrogen) atoms. The Morgan fingerprint density at radius 1 is 1.11 bits per heavy atom. The van der Waals surface area contributed by atoms with E-state index < -0.39 is 0 Å². The molecule has 0 aromatic heterocycles. The lowest BCUT2D eigenvalue weighted by Gasteiger charge is -2.23. The van der Waals surface area contributed by atoms with Gasteiger partial charge in [-0.1, -0.05) is 30.7 Å². The van der Waals surface area contributed by atoms with Gasteiger partial charge in [-0.3, -0.25) is 4.79 Å². The lowest BCUT2D eigenvalue weighted by atomic mass is 9.98. The van der Waals surface area contributed by atoms with E-state index in [2.05, 4.69) is 5.32 Å². The van der Waals surface area contributed by atoms with Crippen molar-refractivity contribution in [1.82, 2.24) is 5.32 Å². The average Bonchev–Trinajstić information content (AvgIpc) is 2.72.